The summed E-state index contributed by atoms with van der Waals surface area (Å²) in [6, 6.07) is 9.85. The molecule has 112 valence electrons. The molecule has 0 heterocycles. The summed E-state index contributed by atoms with van der Waals surface area (Å²) in [5.74, 6) is 0.479. The van der Waals surface area contributed by atoms with Gasteiger partial charge in [0, 0.05) is 11.5 Å². The van der Waals surface area contributed by atoms with Gasteiger partial charge in [-0.05, 0) is 42.2 Å². The van der Waals surface area contributed by atoms with Crippen LogP contribution >= 0.6 is 0 Å². The smallest absolute Gasteiger partial charge is 0.331 e. The largest absolute Gasteiger partial charge is 0.459 e. The second-order valence-corrected chi connectivity index (χ2v) is 7.28. The van der Waals surface area contributed by atoms with E-state index in [0.717, 1.165) is 12.0 Å². The SMILES string of the molecule is CC1(C)C2CCC1(C)C(OC(=O)C=Cc1ccccc1)C2. The number of benzene rings is 1. The summed E-state index contributed by atoms with van der Waals surface area (Å²) in [4.78, 5) is 12.1. The Bertz CT molecular complexity index is 558. The van der Waals surface area contributed by atoms with Gasteiger partial charge >= 0.3 is 5.97 Å². The molecule has 0 aliphatic heterocycles. The van der Waals surface area contributed by atoms with Gasteiger partial charge in [-0.2, -0.15) is 0 Å². The zero-order chi connectivity index (χ0) is 15.1. The van der Waals surface area contributed by atoms with Crippen molar-refractivity contribution in [1.29, 1.82) is 0 Å². The lowest BCUT2D eigenvalue weighted by atomic mass is 9.70. The Balaban J connectivity index is 1.66. The highest BCUT2D eigenvalue weighted by atomic mass is 16.5. The van der Waals surface area contributed by atoms with Gasteiger partial charge in [0.25, 0.3) is 0 Å². The molecule has 3 atom stereocenters. The van der Waals surface area contributed by atoms with Gasteiger partial charge in [-0.15, -0.1) is 0 Å². The van der Waals surface area contributed by atoms with Crippen LogP contribution in [-0.2, 0) is 9.53 Å². The Morgan fingerprint density at radius 3 is 2.52 bits per heavy atom. The van der Waals surface area contributed by atoms with Crippen LogP contribution in [0.4, 0.5) is 0 Å². The lowest BCUT2D eigenvalue weighted by molar-refractivity contribution is -0.150. The highest BCUT2D eigenvalue weighted by Crippen LogP contribution is 2.66. The molecule has 2 nitrogen and oxygen atoms in total. The Morgan fingerprint density at radius 1 is 1.24 bits per heavy atom. The van der Waals surface area contributed by atoms with Crippen LogP contribution in [0.5, 0.6) is 0 Å². The van der Waals surface area contributed by atoms with Crippen LogP contribution in [0.2, 0.25) is 0 Å². The minimum atomic E-state index is -0.214. The van der Waals surface area contributed by atoms with E-state index in [1.165, 1.54) is 12.8 Å². The number of carbonyl (C=O) groups excluding carboxylic acids is 1. The van der Waals surface area contributed by atoms with E-state index in [1.54, 1.807) is 6.08 Å². The Kier molecular flexibility index (Phi) is 3.43. The van der Waals surface area contributed by atoms with Gasteiger partial charge in [0.15, 0.2) is 0 Å². The molecule has 2 aliphatic carbocycles. The van der Waals surface area contributed by atoms with Crippen LogP contribution in [-0.4, -0.2) is 12.1 Å². The molecule has 3 rings (SSSR count). The number of hydrogen-bond acceptors (Lipinski definition) is 2. The highest BCUT2D eigenvalue weighted by molar-refractivity contribution is 5.87. The van der Waals surface area contributed by atoms with E-state index in [2.05, 4.69) is 20.8 Å². The summed E-state index contributed by atoms with van der Waals surface area (Å²) >= 11 is 0. The van der Waals surface area contributed by atoms with Crippen LogP contribution in [0, 0.1) is 16.7 Å². The molecule has 0 N–H and O–H groups in total. The molecule has 2 bridgehead atoms. The van der Waals surface area contributed by atoms with Gasteiger partial charge < -0.3 is 4.74 Å². The molecule has 2 heteroatoms. The summed E-state index contributed by atoms with van der Waals surface area (Å²) in [6.07, 6.45) is 6.91. The maximum atomic E-state index is 12.1. The first-order chi connectivity index (χ1) is 9.93. The topological polar surface area (TPSA) is 26.3 Å². The van der Waals surface area contributed by atoms with Gasteiger partial charge in [0.05, 0.1) is 0 Å². The molecule has 1 aromatic carbocycles. The monoisotopic (exact) mass is 284 g/mol. The summed E-state index contributed by atoms with van der Waals surface area (Å²) < 4.78 is 5.78. The van der Waals surface area contributed by atoms with Gasteiger partial charge in [0.1, 0.15) is 6.10 Å². The van der Waals surface area contributed by atoms with E-state index >= 15 is 0 Å². The number of hydrogen-bond donors (Lipinski definition) is 0. The van der Waals surface area contributed by atoms with Crippen LogP contribution < -0.4 is 0 Å². The molecular weight excluding hydrogens is 260 g/mol. The molecule has 2 aliphatic rings. The second kappa shape index (κ2) is 5.01. The van der Waals surface area contributed by atoms with Crippen molar-refractivity contribution in [2.24, 2.45) is 16.7 Å². The highest BCUT2D eigenvalue weighted by Gasteiger charge is 2.62. The van der Waals surface area contributed by atoms with Crippen molar-refractivity contribution < 1.29 is 9.53 Å². The third-order valence-corrected chi connectivity index (χ3v) is 6.18. The zero-order valence-electron chi connectivity index (χ0n) is 13.1. The van der Waals surface area contributed by atoms with Crippen LogP contribution in [0.25, 0.3) is 6.08 Å². The van der Waals surface area contributed by atoms with Gasteiger partial charge in [-0.1, -0.05) is 51.1 Å². The van der Waals surface area contributed by atoms with E-state index in [0.29, 0.717) is 5.92 Å². The molecular formula is C19H24O2. The summed E-state index contributed by atoms with van der Waals surface area (Å²) in [6.45, 7) is 6.95. The van der Waals surface area contributed by atoms with Crippen molar-refractivity contribution >= 4 is 12.0 Å². The van der Waals surface area contributed by atoms with Crippen molar-refractivity contribution in [3.05, 3.63) is 42.0 Å². The molecule has 21 heavy (non-hydrogen) atoms. The third kappa shape index (κ3) is 2.31. The number of fused-ring (bicyclic) bond motifs is 2. The van der Waals surface area contributed by atoms with Crippen molar-refractivity contribution in [1.82, 2.24) is 0 Å². The van der Waals surface area contributed by atoms with Crippen molar-refractivity contribution in [3.63, 3.8) is 0 Å². The van der Waals surface area contributed by atoms with E-state index in [4.69, 9.17) is 4.74 Å². The number of ether oxygens (including phenoxy) is 1. The maximum absolute atomic E-state index is 12.1. The molecule has 2 saturated carbocycles. The van der Waals surface area contributed by atoms with E-state index in [1.807, 2.05) is 36.4 Å². The van der Waals surface area contributed by atoms with E-state index in [-0.39, 0.29) is 22.9 Å². The zero-order valence-corrected chi connectivity index (χ0v) is 13.1. The minimum Gasteiger partial charge on any atom is -0.459 e. The van der Waals surface area contributed by atoms with Gasteiger partial charge in [0.2, 0.25) is 0 Å². The predicted octanol–water partition coefficient (Wildman–Crippen LogP) is 4.46. The van der Waals surface area contributed by atoms with Crippen LogP contribution in [0.1, 0.15) is 45.6 Å². The number of rotatable bonds is 3. The molecule has 0 aromatic heterocycles. The van der Waals surface area contributed by atoms with Crippen molar-refractivity contribution in [2.75, 3.05) is 0 Å². The normalized spacial score (nSPS) is 33.5. The fourth-order valence-corrected chi connectivity index (χ4v) is 4.22. The molecule has 1 aromatic rings. The average Bonchev–Trinajstić information content (AvgIpc) is 2.79. The number of esters is 1. The lowest BCUT2D eigenvalue weighted by Crippen LogP contribution is -2.38. The summed E-state index contributed by atoms with van der Waals surface area (Å²) in [5, 5.41) is 0. The first kappa shape index (κ1) is 14.4. The van der Waals surface area contributed by atoms with E-state index < -0.39 is 0 Å². The lowest BCUT2D eigenvalue weighted by Gasteiger charge is -2.38. The van der Waals surface area contributed by atoms with Crippen molar-refractivity contribution in [2.45, 2.75) is 46.1 Å². The summed E-state index contributed by atoms with van der Waals surface area (Å²) in [5.41, 5.74) is 1.43. The predicted molar refractivity (Wildman–Crippen MR) is 84.6 cm³/mol. The molecule has 0 amide bonds. The molecule has 3 unspecified atom stereocenters. The van der Waals surface area contributed by atoms with Crippen LogP contribution in [0.3, 0.4) is 0 Å². The molecule has 2 fully saturated rings. The van der Waals surface area contributed by atoms with E-state index in [9.17, 15) is 4.79 Å². The van der Waals surface area contributed by atoms with Gasteiger partial charge in [-0.3, -0.25) is 0 Å². The first-order valence-corrected chi connectivity index (χ1v) is 7.87. The maximum Gasteiger partial charge on any atom is 0.331 e. The first-order valence-electron chi connectivity index (χ1n) is 7.87. The summed E-state index contributed by atoms with van der Waals surface area (Å²) in [7, 11) is 0. The third-order valence-electron chi connectivity index (χ3n) is 6.18. The molecule has 0 spiro atoms. The van der Waals surface area contributed by atoms with Crippen LogP contribution in [0.15, 0.2) is 36.4 Å². The standard InChI is InChI=1S/C19H24O2/c1-18(2)15-11-12-19(18,3)16(13-15)21-17(20)10-9-14-7-5-4-6-8-14/h4-10,15-16H,11-13H2,1-3H3. The Labute approximate surface area is 127 Å². The van der Waals surface area contributed by atoms with Crippen molar-refractivity contribution in [3.8, 4) is 0 Å². The molecule has 0 radical (unpaired) electrons. The Hall–Kier alpha value is -1.57. The average molecular weight is 284 g/mol. The number of carbonyl (C=O) groups is 1. The fraction of sp³-hybridized carbons (Fsp3) is 0.526. The Morgan fingerprint density at radius 2 is 1.95 bits per heavy atom. The second-order valence-electron chi connectivity index (χ2n) is 7.28. The minimum absolute atomic E-state index is 0.0687. The van der Waals surface area contributed by atoms with Gasteiger partial charge in [-0.25, -0.2) is 4.79 Å². The quantitative estimate of drug-likeness (QED) is 0.605. The fourth-order valence-electron chi connectivity index (χ4n) is 4.22. The molecule has 0 saturated heterocycles.